The Kier molecular flexibility index (Phi) is 3.62. The van der Waals surface area contributed by atoms with Crippen LogP contribution in [0.1, 0.15) is 18.4 Å². The lowest BCUT2D eigenvalue weighted by molar-refractivity contribution is 0.414. The predicted octanol–water partition coefficient (Wildman–Crippen LogP) is 1.82. The minimum Gasteiger partial charge on any atom is -0.497 e. The number of benzene rings is 1. The van der Waals surface area contributed by atoms with Gasteiger partial charge in [0.15, 0.2) is 5.11 Å². The molecule has 1 aromatic carbocycles. The van der Waals surface area contributed by atoms with Crippen LogP contribution in [0.15, 0.2) is 24.3 Å². The first-order valence-electron chi connectivity index (χ1n) is 5.45. The van der Waals surface area contributed by atoms with E-state index in [0.29, 0.717) is 6.04 Å². The van der Waals surface area contributed by atoms with Gasteiger partial charge in [-0.05, 0) is 42.8 Å². The van der Waals surface area contributed by atoms with E-state index in [1.165, 1.54) is 18.4 Å². The molecule has 0 unspecified atom stereocenters. The van der Waals surface area contributed by atoms with Gasteiger partial charge in [-0.15, -0.1) is 0 Å². The molecule has 4 heteroatoms. The number of rotatable bonds is 4. The van der Waals surface area contributed by atoms with Crippen LogP contribution >= 0.6 is 12.2 Å². The van der Waals surface area contributed by atoms with Gasteiger partial charge in [-0.25, -0.2) is 0 Å². The molecule has 0 radical (unpaired) electrons. The van der Waals surface area contributed by atoms with E-state index in [4.69, 9.17) is 17.0 Å². The average Bonchev–Trinajstić information content (AvgIpc) is 3.11. The van der Waals surface area contributed by atoms with E-state index in [2.05, 4.69) is 10.6 Å². The van der Waals surface area contributed by atoms with E-state index in [1.54, 1.807) is 7.11 Å². The first-order chi connectivity index (χ1) is 7.78. The average molecular weight is 236 g/mol. The van der Waals surface area contributed by atoms with E-state index in [0.717, 1.165) is 17.4 Å². The predicted molar refractivity (Wildman–Crippen MR) is 68.6 cm³/mol. The summed E-state index contributed by atoms with van der Waals surface area (Å²) in [5, 5.41) is 7.18. The Morgan fingerprint density at radius 1 is 1.38 bits per heavy atom. The quantitative estimate of drug-likeness (QED) is 0.781. The third-order valence-electron chi connectivity index (χ3n) is 2.52. The molecule has 0 aliphatic heterocycles. The summed E-state index contributed by atoms with van der Waals surface area (Å²) < 4.78 is 5.10. The molecule has 0 spiro atoms. The lowest BCUT2D eigenvalue weighted by atomic mass is 10.2. The van der Waals surface area contributed by atoms with E-state index in [1.807, 2.05) is 24.3 Å². The van der Waals surface area contributed by atoms with Gasteiger partial charge in [-0.2, -0.15) is 0 Å². The highest BCUT2D eigenvalue weighted by Gasteiger charge is 2.21. The molecule has 1 aliphatic carbocycles. The molecule has 16 heavy (non-hydrogen) atoms. The number of thiocarbonyl (C=S) groups is 1. The van der Waals surface area contributed by atoms with E-state index in [-0.39, 0.29) is 0 Å². The van der Waals surface area contributed by atoms with Gasteiger partial charge >= 0.3 is 0 Å². The second-order valence-corrected chi connectivity index (χ2v) is 4.36. The van der Waals surface area contributed by atoms with Gasteiger partial charge in [0.05, 0.1) is 7.11 Å². The highest BCUT2D eigenvalue weighted by Crippen LogP contribution is 2.18. The third kappa shape index (κ3) is 3.38. The molecule has 0 heterocycles. The van der Waals surface area contributed by atoms with Gasteiger partial charge in [-0.3, -0.25) is 0 Å². The van der Waals surface area contributed by atoms with Gasteiger partial charge in [0, 0.05) is 12.6 Å². The van der Waals surface area contributed by atoms with Crippen molar-refractivity contribution in [3.05, 3.63) is 29.8 Å². The summed E-state index contributed by atoms with van der Waals surface area (Å²) >= 11 is 5.17. The molecule has 2 N–H and O–H groups in total. The monoisotopic (exact) mass is 236 g/mol. The summed E-state index contributed by atoms with van der Waals surface area (Å²) in [6.07, 6.45) is 2.48. The van der Waals surface area contributed by atoms with Gasteiger partial charge < -0.3 is 15.4 Å². The zero-order valence-corrected chi connectivity index (χ0v) is 10.1. The Morgan fingerprint density at radius 2 is 2.06 bits per heavy atom. The fourth-order valence-electron chi connectivity index (χ4n) is 1.39. The van der Waals surface area contributed by atoms with Crippen molar-refractivity contribution in [3.63, 3.8) is 0 Å². The maximum atomic E-state index is 5.17. The van der Waals surface area contributed by atoms with Crippen LogP contribution in [0.4, 0.5) is 0 Å². The molecule has 0 saturated heterocycles. The van der Waals surface area contributed by atoms with E-state index >= 15 is 0 Å². The normalized spacial score (nSPS) is 14.3. The van der Waals surface area contributed by atoms with Crippen molar-refractivity contribution in [1.82, 2.24) is 10.6 Å². The van der Waals surface area contributed by atoms with E-state index in [9.17, 15) is 0 Å². The Bertz CT molecular complexity index is 360. The second kappa shape index (κ2) is 5.16. The smallest absolute Gasteiger partial charge is 0.166 e. The fraction of sp³-hybridized carbons (Fsp3) is 0.417. The Morgan fingerprint density at radius 3 is 2.62 bits per heavy atom. The molecule has 1 saturated carbocycles. The van der Waals surface area contributed by atoms with Crippen molar-refractivity contribution in [2.75, 3.05) is 7.11 Å². The second-order valence-electron chi connectivity index (χ2n) is 3.95. The maximum Gasteiger partial charge on any atom is 0.166 e. The zero-order valence-electron chi connectivity index (χ0n) is 9.32. The summed E-state index contributed by atoms with van der Waals surface area (Å²) in [7, 11) is 1.67. The SMILES string of the molecule is COc1ccc(CNC(=S)NC2CC2)cc1. The van der Waals surface area contributed by atoms with Gasteiger partial charge in [0.2, 0.25) is 0 Å². The van der Waals surface area contributed by atoms with Gasteiger partial charge in [-0.1, -0.05) is 12.1 Å². The van der Waals surface area contributed by atoms with Crippen LogP contribution in [0.5, 0.6) is 5.75 Å². The Labute approximate surface area is 101 Å². The van der Waals surface area contributed by atoms with Crippen LogP contribution < -0.4 is 15.4 Å². The maximum absolute atomic E-state index is 5.17. The highest BCUT2D eigenvalue weighted by atomic mass is 32.1. The molecular formula is C12H16N2OS. The van der Waals surface area contributed by atoms with Crippen molar-refractivity contribution >= 4 is 17.3 Å². The van der Waals surface area contributed by atoms with Crippen LogP contribution in [0.25, 0.3) is 0 Å². The molecule has 2 rings (SSSR count). The molecule has 0 amide bonds. The molecule has 1 fully saturated rings. The standard InChI is InChI=1S/C12H16N2OS/c1-15-11-6-2-9(3-7-11)8-13-12(16)14-10-4-5-10/h2-3,6-7,10H,4-5,8H2,1H3,(H2,13,14,16). The van der Waals surface area contributed by atoms with Crippen molar-refractivity contribution < 1.29 is 4.74 Å². The number of methoxy groups -OCH3 is 1. The number of hydrogen-bond acceptors (Lipinski definition) is 2. The number of hydrogen-bond donors (Lipinski definition) is 2. The van der Waals surface area contributed by atoms with Crippen molar-refractivity contribution in [3.8, 4) is 5.75 Å². The summed E-state index contributed by atoms with van der Waals surface area (Å²) in [6, 6.07) is 8.58. The largest absolute Gasteiger partial charge is 0.497 e. The van der Waals surface area contributed by atoms with Crippen molar-refractivity contribution in [1.29, 1.82) is 0 Å². The Hall–Kier alpha value is -1.29. The van der Waals surface area contributed by atoms with Crippen LogP contribution in [-0.4, -0.2) is 18.3 Å². The van der Waals surface area contributed by atoms with Gasteiger partial charge in [0.1, 0.15) is 5.75 Å². The number of nitrogens with one attached hydrogen (secondary N) is 2. The topological polar surface area (TPSA) is 33.3 Å². The molecule has 86 valence electrons. The lowest BCUT2D eigenvalue weighted by Crippen LogP contribution is -2.35. The summed E-state index contributed by atoms with van der Waals surface area (Å²) in [5.74, 6) is 0.877. The zero-order chi connectivity index (χ0) is 11.4. The molecular weight excluding hydrogens is 220 g/mol. The third-order valence-corrected chi connectivity index (χ3v) is 2.79. The van der Waals surface area contributed by atoms with Crippen molar-refractivity contribution in [2.24, 2.45) is 0 Å². The minimum absolute atomic E-state index is 0.607. The Balaban J connectivity index is 1.76. The van der Waals surface area contributed by atoms with Crippen LogP contribution in [0, 0.1) is 0 Å². The molecule has 0 bridgehead atoms. The molecule has 0 atom stereocenters. The molecule has 1 aromatic rings. The summed E-state index contributed by atoms with van der Waals surface area (Å²) in [4.78, 5) is 0. The minimum atomic E-state index is 0.607. The summed E-state index contributed by atoms with van der Waals surface area (Å²) in [6.45, 7) is 0.753. The van der Waals surface area contributed by atoms with Crippen LogP contribution in [0.2, 0.25) is 0 Å². The first-order valence-corrected chi connectivity index (χ1v) is 5.86. The molecule has 0 aromatic heterocycles. The fourth-order valence-corrected chi connectivity index (χ4v) is 1.63. The van der Waals surface area contributed by atoms with Crippen LogP contribution in [0.3, 0.4) is 0 Å². The van der Waals surface area contributed by atoms with Gasteiger partial charge in [0.25, 0.3) is 0 Å². The van der Waals surface area contributed by atoms with E-state index < -0.39 is 0 Å². The number of ether oxygens (including phenoxy) is 1. The first kappa shape index (κ1) is 11.2. The summed E-state index contributed by atoms with van der Waals surface area (Å²) in [5.41, 5.74) is 1.20. The highest BCUT2D eigenvalue weighted by molar-refractivity contribution is 7.80. The van der Waals surface area contributed by atoms with Crippen molar-refractivity contribution in [2.45, 2.75) is 25.4 Å². The van der Waals surface area contributed by atoms with Crippen LogP contribution in [-0.2, 0) is 6.54 Å². The molecule has 1 aliphatic rings. The molecule has 3 nitrogen and oxygen atoms in total. The lowest BCUT2D eigenvalue weighted by Gasteiger charge is -2.09.